The van der Waals surface area contributed by atoms with E-state index in [9.17, 15) is 24.9 Å². The van der Waals surface area contributed by atoms with Crippen LogP contribution in [0.5, 0.6) is 5.75 Å². The molecule has 0 aliphatic carbocycles. The van der Waals surface area contributed by atoms with Crippen molar-refractivity contribution in [2.24, 2.45) is 7.05 Å². The van der Waals surface area contributed by atoms with Crippen molar-refractivity contribution in [2.75, 3.05) is 0 Å². The second kappa shape index (κ2) is 9.48. The molecular formula is C32H26NO5+. The van der Waals surface area contributed by atoms with Crippen LogP contribution in [0, 0.1) is 13.8 Å². The normalized spacial score (nSPS) is 11.4. The van der Waals surface area contributed by atoms with Gasteiger partial charge in [-0.1, -0.05) is 42.5 Å². The topological polar surface area (TPSA) is 98.7 Å². The summed E-state index contributed by atoms with van der Waals surface area (Å²) in [5.74, 6) is -1.83. The summed E-state index contributed by atoms with van der Waals surface area (Å²) < 4.78 is 2.00. The number of nitrogens with zero attached hydrogens (tertiary/aromatic N) is 1. The van der Waals surface area contributed by atoms with Gasteiger partial charge in [-0.2, -0.15) is 4.57 Å². The largest absolute Gasteiger partial charge is 0.508 e. The molecule has 6 heteroatoms. The SMILES string of the molecule is Cc1c(C(=O)O)ccc(-c2cc(O)ccc2C=Cc2ccc3c(C(=O)O)c4ccccc4[n+](C)c3c2)c1C. The first-order valence-electron chi connectivity index (χ1n) is 12.1. The maximum Gasteiger partial charge on any atom is 0.337 e. The Morgan fingerprint density at radius 1 is 0.737 bits per heavy atom. The van der Waals surface area contributed by atoms with Crippen LogP contribution in [-0.4, -0.2) is 27.3 Å². The van der Waals surface area contributed by atoms with Gasteiger partial charge in [0.05, 0.1) is 21.9 Å². The number of carboxylic acid groups (broad SMARTS) is 2. The second-order valence-corrected chi connectivity index (χ2v) is 9.35. The number of rotatable bonds is 5. The molecule has 4 aromatic carbocycles. The Morgan fingerprint density at radius 3 is 2.21 bits per heavy atom. The van der Waals surface area contributed by atoms with Crippen LogP contribution in [0.2, 0.25) is 0 Å². The third-order valence-electron chi connectivity index (χ3n) is 7.20. The second-order valence-electron chi connectivity index (χ2n) is 9.35. The van der Waals surface area contributed by atoms with Gasteiger partial charge in [-0.25, -0.2) is 9.59 Å². The average Bonchev–Trinajstić information content (AvgIpc) is 2.89. The average molecular weight is 505 g/mol. The molecule has 1 aromatic heterocycles. The highest BCUT2D eigenvalue weighted by Gasteiger charge is 2.22. The molecule has 0 atom stereocenters. The molecule has 5 aromatic rings. The first-order valence-corrected chi connectivity index (χ1v) is 12.1. The van der Waals surface area contributed by atoms with Gasteiger partial charge in [0.25, 0.3) is 0 Å². The highest BCUT2D eigenvalue weighted by atomic mass is 16.4. The molecule has 0 fully saturated rings. The Bertz CT molecular complexity index is 1820. The Kier molecular flexibility index (Phi) is 6.17. The number of phenols is 1. The lowest BCUT2D eigenvalue weighted by Gasteiger charge is -2.14. The lowest BCUT2D eigenvalue weighted by molar-refractivity contribution is -0.617. The number of para-hydroxylation sites is 1. The Balaban J connectivity index is 1.63. The van der Waals surface area contributed by atoms with Crippen LogP contribution in [0.3, 0.4) is 0 Å². The predicted molar refractivity (Wildman–Crippen MR) is 148 cm³/mol. The van der Waals surface area contributed by atoms with E-state index < -0.39 is 11.9 Å². The third kappa shape index (κ3) is 4.16. The highest BCUT2D eigenvalue weighted by molar-refractivity contribution is 6.12. The molecule has 0 radical (unpaired) electrons. The maximum absolute atomic E-state index is 12.2. The van der Waals surface area contributed by atoms with Crippen molar-refractivity contribution < 1.29 is 29.5 Å². The van der Waals surface area contributed by atoms with Gasteiger partial charge in [-0.05, 0) is 77.6 Å². The van der Waals surface area contributed by atoms with Crippen molar-refractivity contribution in [1.82, 2.24) is 0 Å². The molecule has 188 valence electrons. The number of fused-ring (bicyclic) bond motifs is 2. The monoisotopic (exact) mass is 504 g/mol. The molecular weight excluding hydrogens is 478 g/mol. The number of aromatic nitrogens is 1. The summed E-state index contributed by atoms with van der Waals surface area (Å²) in [7, 11) is 1.92. The first-order chi connectivity index (χ1) is 18.2. The van der Waals surface area contributed by atoms with E-state index in [1.165, 1.54) is 0 Å². The fourth-order valence-corrected chi connectivity index (χ4v) is 5.08. The number of hydrogen-bond acceptors (Lipinski definition) is 3. The standard InChI is InChI=1S/C32H25NO5/c1-18-19(2)24(31(35)36)15-14-23(18)27-17-22(34)12-11-21(27)10-8-20-9-13-26-29(16-20)33(3)28-7-5-4-6-25(28)30(26)32(37)38/h4-17H,1-3H3,(H2,35,36,37,38)/p+1. The minimum atomic E-state index is -0.975. The van der Waals surface area contributed by atoms with E-state index in [2.05, 4.69) is 0 Å². The Morgan fingerprint density at radius 2 is 1.47 bits per heavy atom. The van der Waals surface area contributed by atoms with Crippen molar-refractivity contribution in [2.45, 2.75) is 13.8 Å². The Labute approximate surface area is 219 Å². The number of carbonyl (C=O) groups is 2. The minimum Gasteiger partial charge on any atom is -0.508 e. The molecule has 0 aliphatic heterocycles. The zero-order valence-corrected chi connectivity index (χ0v) is 21.2. The fraction of sp³-hybridized carbons (Fsp3) is 0.0938. The zero-order valence-electron chi connectivity index (χ0n) is 21.2. The first kappa shape index (κ1) is 24.7. The van der Waals surface area contributed by atoms with Crippen molar-refractivity contribution in [3.05, 3.63) is 106 Å². The molecule has 0 saturated carbocycles. The molecule has 3 N–H and O–H groups in total. The van der Waals surface area contributed by atoms with Crippen LogP contribution in [0.1, 0.15) is 43.0 Å². The summed E-state index contributed by atoms with van der Waals surface area (Å²) in [5.41, 5.74) is 7.01. The summed E-state index contributed by atoms with van der Waals surface area (Å²) in [6, 6.07) is 21.6. The molecule has 0 bridgehead atoms. The smallest absolute Gasteiger partial charge is 0.337 e. The van der Waals surface area contributed by atoms with Crippen molar-refractivity contribution in [3.63, 3.8) is 0 Å². The van der Waals surface area contributed by atoms with Gasteiger partial charge in [-0.3, -0.25) is 0 Å². The number of pyridine rings is 1. The lowest BCUT2D eigenvalue weighted by atomic mass is 9.90. The number of aryl methyl sites for hydroxylation is 1. The van der Waals surface area contributed by atoms with E-state index in [1.807, 2.05) is 79.2 Å². The van der Waals surface area contributed by atoms with Crippen LogP contribution in [-0.2, 0) is 7.05 Å². The zero-order chi connectivity index (χ0) is 27.1. The molecule has 0 unspecified atom stereocenters. The molecule has 5 rings (SSSR count). The van der Waals surface area contributed by atoms with E-state index in [4.69, 9.17) is 0 Å². The van der Waals surface area contributed by atoms with E-state index >= 15 is 0 Å². The minimum absolute atomic E-state index is 0.113. The number of benzene rings is 4. The summed E-state index contributed by atoms with van der Waals surface area (Å²) in [6.07, 6.45) is 3.88. The van der Waals surface area contributed by atoms with Gasteiger partial charge < -0.3 is 15.3 Å². The third-order valence-corrected chi connectivity index (χ3v) is 7.20. The number of hydrogen-bond donors (Lipinski definition) is 3. The van der Waals surface area contributed by atoms with Gasteiger partial charge in [0, 0.05) is 12.1 Å². The molecule has 38 heavy (non-hydrogen) atoms. The van der Waals surface area contributed by atoms with Gasteiger partial charge in [0.1, 0.15) is 12.8 Å². The van der Waals surface area contributed by atoms with Crippen LogP contribution >= 0.6 is 0 Å². The summed E-state index contributed by atoms with van der Waals surface area (Å²) in [4.78, 5) is 23.7. The number of aromatic carboxylic acids is 2. The summed E-state index contributed by atoms with van der Waals surface area (Å²) in [6.45, 7) is 3.66. The molecule has 0 aliphatic rings. The van der Waals surface area contributed by atoms with Crippen molar-refractivity contribution in [1.29, 1.82) is 0 Å². The molecule has 0 saturated heterocycles. The van der Waals surface area contributed by atoms with Crippen molar-refractivity contribution in [3.8, 4) is 16.9 Å². The van der Waals surface area contributed by atoms with Crippen LogP contribution < -0.4 is 4.57 Å². The lowest BCUT2D eigenvalue weighted by Crippen LogP contribution is -2.31. The Hall–Kier alpha value is -4.97. The van der Waals surface area contributed by atoms with Crippen molar-refractivity contribution >= 4 is 45.9 Å². The van der Waals surface area contributed by atoms with Crippen LogP contribution in [0.15, 0.2) is 72.8 Å². The fourth-order valence-electron chi connectivity index (χ4n) is 5.08. The number of phenolic OH excluding ortho intramolecular Hbond substituents is 1. The molecule has 0 amide bonds. The predicted octanol–water partition coefficient (Wildman–Crippen LogP) is 6.37. The van der Waals surface area contributed by atoms with E-state index in [1.54, 1.807) is 31.2 Å². The van der Waals surface area contributed by atoms with Gasteiger partial charge in [0.15, 0.2) is 0 Å². The maximum atomic E-state index is 12.2. The molecule has 6 nitrogen and oxygen atoms in total. The molecule has 0 spiro atoms. The highest BCUT2D eigenvalue weighted by Crippen LogP contribution is 2.34. The van der Waals surface area contributed by atoms with E-state index in [-0.39, 0.29) is 16.9 Å². The summed E-state index contributed by atoms with van der Waals surface area (Å²) >= 11 is 0. The molecule has 1 heterocycles. The number of carboxylic acids is 2. The summed E-state index contributed by atoms with van der Waals surface area (Å²) in [5, 5.41) is 31.0. The number of aromatic hydroxyl groups is 1. The van der Waals surface area contributed by atoms with Gasteiger partial charge in [0.2, 0.25) is 11.0 Å². The van der Waals surface area contributed by atoms with Crippen LogP contribution in [0.25, 0.3) is 45.1 Å². The van der Waals surface area contributed by atoms with E-state index in [0.717, 1.165) is 38.9 Å². The van der Waals surface area contributed by atoms with E-state index in [0.29, 0.717) is 16.3 Å². The van der Waals surface area contributed by atoms with Crippen LogP contribution in [0.4, 0.5) is 0 Å². The quantitative estimate of drug-likeness (QED) is 0.147. The van der Waals surface area contributed by atoms with Gasteiger partial charge in [-0.15, -0.1) is 0 Å². The van der Waals surface area contributed by atoms with Gasteiger partial charge >= 0.3 is 11.9 Å².